The predicted molar refractivity (Wildman–Crippen MR) is 87.7 cm³/mol. The monoisotopic (exact) mass is 353 g/mol. The zero-order valence-corrected chi connectivity index (χ0v) is 13.5. The SMILES string of the molecule is CCN(Cc1cccs1)c1ccc(/C(N)=N/O)cc1Br. The molecule has 106 valence electrons. The normalized spacial score (nSPS) is 11.6. The van der Waals surface area contributed by atoms with E-state index in [2.05, 4.69) is 50.4 Å². The van der Waals surface area contributed by atoms with Crippen molar-refractivity contribution in [2.45, 2.75) is 13.5 Å². The molecule has 2 rings (SSSR count). The first-order valence-electron chi connectivity index (χ1n) is 6.20. The van der Waals surface area contributed by atoms with Crippen molar-refractivity contribution in [1.29, 1.82) is 0 Å². The number of nitrogens with zero attached hydrogens (tertiary/aromatic N) is 2. The topological polar surface area (TPSA) is 61.8 Å². The lowest BCUT2D eigenvalue weighted by Crippen LogP contribution is -2.22. The largest absolute Gasteiger partial charge is 0.409 e. The summed E-state index contributed by atoms with van der Waals surface area (Å²) < 4.78 is 0.931. The Morgan fingerprint density at radius 1 is 1.45 bits per heavy atom. The summed E-state index contributed by atoms with van der Waals surface area (Å²) in [4.78, 5) is 3.59. The van der Waals surface area contributed by atoms with Gasteiger partial charge in [0.2, 0.25) is 0 Å². The lowest BCUT2D eigenvalue weighted by atomic mass is 10.2. The van der Waals surface area contributed by atoms with Crippen LogP contribution in [0.1, 0.15) is 17.4 Å². The van der Waals surface area contributed by atoms with Crippen LogP contribution in [0.25, 0.3) is 0 Å². The van der Waals surface area contributed by atoms with E-state index in [-0.39, 0.29) is 5.84 Å². The molecule has 0 spiro atoms. The second-order valence-corrected chi connectivity index (χ2v) is 6.13. The maximum atomic E-state index is 8.71. The highest BCUT2D eigenvalue weighted by molar-refractivity contribution is 9.10. The maximum Gasteiger partial charge on any atom is 0.170 e. The van der Waals surface area contributed by atoms with E-state index in [1.807, 2.05) is 18.2 Å². The fraction of sp³-hybridized carbons (Fsp3) is 0.214. The average Bonchev–Trinajstić information content (AvgIpc) is 2.97. The number of rotatable bonds is 5. The van der Waals surface area contributed by atoms with E-state index < -0.39 is 0 Å². The molecule has 1 aromatic carbocycles. The first kappa shape index (κ1) is 14.9. The molecule has 0 aliphatic heterocycles. The van der Waals surface area contributed by atoms with Crippen molar-refractivity contribution in [1.82, 2.24) is 0 Å². The summed E-state index contributed by atoms with van der Waals surface area (Å²) in [5.74, 6) is 0.110. The van der Waals surface area contributed by atoms with Crippen molar-refractivity contribution in [3.8, 4) is 0 Å². The van der Waals surface area contributed by atoms with Crippen LogP contribution in [-0.4, -0.2) is 17.6 Å². The minimum Gasteiger partial charge on any atom is -0.409 e. The van der Waals surface area contributed by atoms with Gasteiger partial charge in [0, 0.05) is 21.5 Å². The number of hydrogen-bond donors (Lipinski definition) is 2. The Morgan fingerprint density at radius 2 is 2.25 bits per heavy atom. The second-order valence-electron chi connectivity index (χ2n) is 4.24. The summed E-state index contributed by atoms with van der Waals surface area (Å²) in [5.41, 5.74) is 7.38. The standard InChI is InChI=1S/C14H16BrN3OS/c1-2-18(9-11-4-3-7-20-11)13-6-5-10(8-12(13)15)14(16)17-19/h3-8,19H,2,9H2,1H3,(H2,16,17). The molecule has 1 aromatic heterocycles. The lowest BCUT2D eigenvalue weighted by molar-refractivity contribution is 0.318. The summed E-state index contributed by atoms with van der Waals surface area (Å²) in [6, 6.07) is 9.89. The number of amidine groups is 1. The van der Waals surface area contributed by atoms with Crippen LogP contribution in [-0.2, 0) is 6.54 Å². The van der Waals surface area contributed by atoms with Crippen molar-refractivity contribution in [3.05, 3.63) is 50.6 Å². The summed E-state index contributed by atoms with van der Waals surface area (Å²) >= 11 is 5.31. The summed E-state index contributed by atoms with van der Waals surface area (Å²) in [7, 11) is 0. The van der Waals surface area contributed by atoms with Gasteiger partial charge in [0.15, 0.2) is 5.84 Å². The van der Waals surface area contributed by atoms with E-state index in [4.69, 9.17) is 10.9 Å². The van der Waals surface area contributed by atoms with Gasteiger partial charge in [0.25, 0.3) is 0 Å². The van der Waals surface area contributed by atoms with E-state index in [1.165, 1.54) is 4.88 Å². The van der Waals surface area contributed by atoms with Crippen LogP contribution in [0, 0.1) is 0 Å². The molecular weight excluding hydrogens is 338 g/mol. The second kappa shape index (κ2) is 6.76. The van der Waals surface area contributed by atoms with Crippen molar-refractivity contribution < 1.29 is 5.21 Å². The minimum absolute atomic E-state index is 0.110. The quantitative estimate of drug-likeness (QED) is 0.373. The molecule has 0 unspecified atom stereocenters. The Morgan fingerprint density at radius 3 is 2.80 bits per heavy atom. The number of benzene rings is 1. The zero-order valence-electron chi connectivity index (χ0n) is 11.1. The first-order chi connectivity index (χ1) is 9.65. The Bertz CT molecular complexity index is 598. The average molecular weight is 354 g/mol. The molecule has 0 saturated carbocycles. The molecule has 6 heteroatoms. The molecule has 3 N–H and O–H groups in total. The van der Waals surface area contributed by atoms with Gasteiger partial charge in [-0.25, -0.2) is 0 Å². The van der Waals surface area contributed by atoms with Gasteiger partial charge in [-0.3, -0.25) is 0 Å². The van der Waals surface area contributed by atoms with Gasteiger partial charge in [-0.05, 0) is 52.5 Å². The lowest BCUT2D eigenvalue weighted by Gasteiger charge is -2.24. The molecule has 0 saturated heterocycles. The van der Waals surface area contributed by atoms with Gasteiger partial charge >= 0.3 is 0 Å². The van der Waals surface area contributed by atoms with E-state index in [0.29, 0.717) is 5.56 Å². The highest BCUT2D eigenvalue weighted by Gasteiger charge is 2.11. The van der Waals surface area contributed by atoms with Crippen molar-refractivity contribution in [2.24, 2.45) is 10.9 Å². The predicted octanol–water partition coefficient (Wildman–Crippen LogP) is 3.63. The number of hydrogen-bond acceptors (Lipinski definition) is 4. The van der Waals surface area contributed by atoms with E-state index >= 15 is 0 Å². The smallest absolute Gasteiger partial charge is 0.170 e. The van der Waals surface area contributed by atoms with E-state index in [1.54, 1.807) is 11.3 Å². The van der Waals surface area contributed by atoms with Crippen LogP contribution in [0.2, 0.25) is 0 Å². The summed E-state index contributed by atoms with van der Waals surface area (Å²) in [6.45, 7) is 3.90. The molecule has 0 fully saturated rings. The van der Waals surface area contributed by atoms with Crippen molar-refractivity contribution in [2.75, 3.05) is 11.4 Å². The molecule has 20 heavy (non-hydrogen) atoms. The zero-order chi connectivity index (χ0) is 14.5. The highest BCUT2D eigenvalue weighted by atomic mass is 79.9. The van der Waals surface area contributed by atoms with Gasteiger partial charge in [-0.1, -0.05) is 11.2 Å². The van der Waals surface area contributed by atoms with Crippen LogP contribution in [0.5, 0.6) is 0 Å². The Hall–Kier alpha value is -1.53. The molecule has 1 heterocycles. The fourth-order valence-corrected chi connectivity index (χ4v) is 3.29. The number of thiophene rings is 1. The fourth-order valence-electron chi connectivity index (χ4n) is 1.94. The summed E-state index contributed by atoms with van der Waals surface area (Å²) in [5, 5.41) is 13.8. The Labute approximate surface area is 130 Å². The van der Waals surface area contributed by atoms with Gasteiger partial charge in [-0.15, -0.1) is 11.3 Å². The molecular formula is C14H16BrN3OS. The third kappa shape index (κ3) is 3.32. The van der Waals surface area contributed by atoms with Crippen molar-refractivity contribution in [3.63, 3.8) is 0 Å². The molecule has 0 atom stereocenters. The van der Waals surface area contributed by atoms with Gasteiger partial charge < -0.3 is 15.8 Å². The van der Waals surface area contributed by atoms with Crippen molar-refractivity contribution >= 4 is 38.8 Å². The van der Waals surface area contributed by atoms with E-state index in [0.717, 1.165) is 23.2 Å². The van der Waals surface area contributed by atoms with Gasteiger partial charge in [0.1, 0.15) is 0 Å². The Kier molecular flexibility index (Phi) is 5.03. The summed E-state index contributed by atoms with van der Waals surface area (Å²) in [6.07, 6.45) is 0. The molecule has 0 bridgehead atoms. The molecule has 0 radical (unpaired) electrons. The van der Waals surface area contributed by atoms with E-state index in [9.17, 15) is 0 Å². The number of anilines is 1. The number of halogens is 1. The molecule has 4 nitrogen and oxygen atoms in total. The third-order valence-corrected chi connectivity index (χ3v) is 4.50. The van der Waals surface area contributed by atoms with Crippen LogP contribution in [0.3, 0.4) is 0 Å². The molecule has 0 aliphatic rings. The molecule has 2 aromatic rings. The van der Waals surface area contributed by atoms with Gasteiger partial charge in [-0.2, -0.15) is 0 Å². The minimum atomic E-state index is 0.110. The molecule has 0 aliphatic carbocycles. The van der Waals surface area contributed by atoms with Crippen LogP contribution in [0.15, 0.2) is 45.3 Å². The molecule has 0 amide bonds. The van der Waals surface area contributed by atoms with Crippen LogP contribution >= 0.6 is 27.3 Å². The Balaban J connectivity index is 2.26. The number of oxime groups is 1. The maximum absolute atomic E-state index is 8.71. The van der Waals surface area contributed by atoms with Crippen LogP contribution in [0.4, 0.5) is 5.69 Å². The van der Waals surface area contributed by atoms with Gasteiger partial charge in [0.05, 0.1) is 12.2 Å². The number of nitrogens with two attached hydrogens (primary N) is 1. The highest BCUT2D eigenvalue weighted by Crippen LogP contribution is 2.29. The third-order valence-electron chi connectivity index (χ3n) is 3.00. The first-order valence-corrected chi connectivity index (χ1v) is 7.87. The van der Waals surface area contributed by atoms with Crippen LogP contribution < -0.4 is 10.6 Å².